The summed E-state index contributed by atoms with van der Waals surface area (Å²) in [5.74, 6) is 0.621. The number of nitrogens with one attached hydrogen (secondary N) is 2. The highest BCUT2D eigenvalue weighted by molar-refractivity contribution is 7.12. The summed E-state index contributed by atoms with van der Waals surface area (Å²) in [6, 6.07) is 11.4. The third kappa shape index (κ3) is 3.98. The highest BCUT2D eigenvalue weighted by atomic mass is 32.1. The molecule has 1 aliphatic carbocycles. The lowest BCUT2D eigenvalue weighted by molar-refractivity contribution is -0.129. The van der Waals surface area contributed by atoms with Crippen LogP contribution >= 0.6 is 11.3 Å². The molecular weight excluding hydrogens is 344 g/mol. The molecule has 0 saturated heterocycles. The number of carbonyl (C=O) groups is 2. The van der Waals surface area contributed by atoms with Crippen molar-refractivity contribution in [3.8, 4) is 0 Å². The van der Waals surface area contributed by atoms with Crippen LogP contribution in [0.15, 0.2) is 41.8 Å². The Labute approximate surface area is 159 Å². The first-order valence-corrected chi connectivity index (χ1v) is 10.1. The topological polar surface area (TPSA) is 58.2 Å². The van der Waals surface area contributed by atoms with Gasteiger partial charge in [-0.1, -0.05) is 38.5 Å². The summed E-state index contributed by atoms with van der Waals surface area (Å²) >= 11 is 1.42. The summed E-state index contributed by atoms with van der Waals surface area (Å²) in [6.45, 7) is 5.05. The second-order valence-electron chi connectivity index (χ2n) is 7.38. The molecule has 138 valence electrons. The number of anilines is 1. The third-order valence-corrected chi connectivity index (χ3v) is 5.96. The number of carbonyl (C=O) groups excluding carboxylic acids is 2. The minimum Gasteiger partial charge on any atom is -0.355 e. The van der Waals surface area contributed by atoms with Crippen molar-refractivity contribution in [3.05, 3.63) is 52.2 Å². The van der Waals surface area contributed by atoms with Crippen molar-refractivity contribution in [2.24, 2.45) is 5.92 Å². The van der Waals surface area contributed by atoms with Crippen molar-refractivity contribution in [3.63, 3.8) is 0 Å². The van der Waals surface area contributed by atoms with E-state index in [9.17, 15) is 9.59 Å². The third-order valence-electron chi connectivity index (χ3n) is 5.09. The fraction of sp³-hybridized carbons (Fsp3) is 0.429. The first kappa shape index (κ1) is 18.6. The van der Waals surface area contributed by atoms with Gasteiger partial charge in [0.15, 0.2) is 0 Å². The van der Waals surface area contributed by atoms with E-state index in [0.29, 0.717) is 10.8 Å². The summed E-state index contributed by atoms with van der Waals surface area (Å²) in [7, 11) is 0. The molecule has 2 N–H and O–H groups in total. The van der Waals surface area contributed by atoms with Gasteiger partial charge in [0.05, 0.1) is 10.3 Å². The summed E-state index contributed by atoms with van der Waals surface area (Å²) in [4.78, 5) is 25.6. The van der Waals surface area contributed by atoms with Crippen LogP contribution in [0.5, 0.6) is 0 Å². The van der Waals surface area contributed by atoms with Gasteiger partial charge in [-0.05, 0) is 54.3 Å². The number of rotatable bonds is 7. The van der Waals surface area contributed by atoms with Crippen molar-refractivity contribution in [2.75, 3.05) is 11.9 Å². The van der Waals surface area contributed by atoms with Crippen LogP contribution in [-0.2, 0) is 10.2 Å². The van der Waals surface area contributed by atoms with Gasteiger partial charge in [-0.25, -0.2) is 0 Å². The van der Waals surface area contributed by atoms with Crippen LogP contribution in [0.1, 0.15) is 54.8 Å². The second kappa shape index (κ2) is 8.04. The largest absolute Gasteiger partial charge is 0.355 e. The van der Waals surface area contributed by atoms with Crippen molar-refractivity contribution in [2.45, 2.75) is 44.9 Å². The van der Waals surface area contributed by atoms with Crippen molar-refractivity contribution in [1.29, 1.82) is 0 Å². The molecular formula is C21H26N2O2S. The summed E-state index contributed by atoms with van der Waals surface area (Å²) in [5.41, 5.74) is 1.40. The Kier molecular flexibility index (Phi) is 5.77. The molecule has 1 fully saturated rings. The van der Waals surface area contributed by atoms with Crippen molar-refractivity contribution < 1.29 is 9.59 Å². The molecule has 1 heterocycles. The monoisotopic (exact) mass is 370 g/mol. The summed E-state index contributed by atoms with van der Waals surface area (Å²) in [6.07, 6.45) is 3.85. The van der Waals surface area contributed by atoms with Gasteiger partial charge in [0.25, 0.3) is 5.91 Å². The van der Waals surface area contributed by atoms with E-state index in [0.717, 1.165) is 43.5 Å². The molecule has 0 spiro atoms. The van der Waals surface area contributed by atoms with E-state index < -0.39 is 5.41 Å². The fourth-order valence-electron chi connectivity index (χ4n) is 3.29. The zero-order chi connectivity index (χ0) is 18.6. The summed E-state index contributed by atoms with van der Waals surface area (Å²) in [5, 5.41) is 7.90. The number of thiophene rings is 1. The Hall–Kier alpha value is -2.14. The predicted octanol–water partition coefficient (Wildman–Crippen LogP) is 4.58. The minimum absolute atomic E-state index is 0.0995. The second-order valence-corrected chi connectivity index (χ2v) is 8.33. The van der Waals surface area contributed by atoms with E-state index in [4.69, 9.17) is 0 Å². The molecule has 0 radical (unpaired) electrons. The molecule has 2 amide bonds. The van der Waals surface area contributed by atoms with E-state index in [1.54, 1.807) is 6.07 Å². The highest BCUT2D eigenvalue weighted by Gasteiger charge is 2.45. The van der Waals surface area contributed by atoms with Crippen LogP contribution in [0.4, 0.5) is 5.69 Å². The zero-order valence-electron chi connectivity index (χ0n) is 15.4. The van der Waals surface area contributed by atoms with E-state index in [1.165, 1.54) is 11.3 Å². The van der Waals surface area contributed by atoms with E-state index in [1.807, 2.05) is 35.7 Å². The Morgan fingerprint density at radius 1 is 1.15 bits per heavy atom. The maximum absolute atomic E-state index is 12.8. The number of hydrogen-bond acceptors (Lipinski definition) is 3. The van der Waals surface area contributed by atoms with Crippen LogP contribution < -0.4 is 10.6 Å². The molecule has 4 nitrogen and oxygen atoms in total. The molecule has 3 rings (SSSR count). The smallest absolute Gasteiger partial charge is 0.265 e. The van der Waals surface area contributed by atoms with E-state index >= 15 is 0 Å². The molecule has 26 heavy (non-hydrogen) atoms. The van der Waals surface area contributed by atoms with Gasteiger partial charge in [0, 0.05) is 12.2 Å². The molecule has 0 unspecified atom stereocenters. The fourth-order valence-corrected chi connectivity index (χ4v) is 3.91. The Balaban J connectivity index is 1.66. The lowest BCUT2D eigenvalue weighted by atomic mass is 9.63. The summed E-state index contributed by atoms with van der Waals surface area (Å²) < 4.78 is 0. The average Bonchev–Trinajstić information content (AvgIpc) is 3.09. The Bertz CT molecular complexity index is 747. The lowest BCUT2D eigenvalue weighted by Gasteiger charge is -2.41. The maximum atomic E-state index is 12.8. The van der Waals surface area contributed by atoms with Crippen molar-refractivity contribution in [1.82, 2.24) is 5.32 Å². The normalized spacial score (nSPS) is 15.3. The van der Waals surface area contributed by atoms with Gasteiger partial charge < -0.3 is 10.6 Å². The van der Waals surface area contributed by atoms with Gasteiger partial charge in [-0.2, -0.15) is 0 Å². The van der Waals surface area contributed by atoms with E-state index in [-0.39, 0.29) is 11.8 Å². The molecule has 0 bridgehead atoms. The van der Waals surface area contributed by atoms with Gasteiger partial charge in [0.2, 0.25) is 5.91 Å². The zero-order valence-corrected chi connectivity index (χ0v) is 16.2. The van der Waals surface area contributed by atoms with Crippen molar-refractivity contribution >= 4 is 28.8 Å². The molecule has 0 aliphatic heterocycles. The molecule has 1 saturated carbocycles. The Morgan fingerprint density at radius 2 is 1.88 bits per heavy atom. The number of amides is 2. The van der Waals surface area contributed by atoms with Crippen LogP contribution in [-0.4, -0.2) is 18.4 Å². The van der Waals surface area contributed by atoms with Crippen LogP contribution in [0, 0.1) is 5.92 Å². The Morgan fingerprint density at radius 3 is 2.42 bits per heavy atom. The first-order valence-electron chi connectivity index (χ1n) is 9.25. The molecule has 2 aromatic rings. The van der Waals surface area contributed by atoms with Gasteiger partial charge in [0.1, 0.15) is 0 Å². The maximum Gasteiger partial charge on any atom is 0.265 e. The quantitative estimate of drug-likeness (QED) is 0.749. The van der Waals surface area contributed by atoms with Gasteiger partial charge >= 0.3 is 0 Å². The predicted molar refractivity (Wildman–Crippen MR) is 107 cm³/mol. The number of benzene rings is 1. The average molecular weight is 371 g/mol. The van der Waals surface area contributed by atoms with Crippen LogP contribution in [0.3, 0.4) is 0 Å². The standard InChI is InChI=1S/C21H26N2O2S/c1-15(2)10-13-22-20(25)21(11-4-12-21)16-6-8-17(9-7-16)23-19(24)18-5-3-14-26-18/h3,5-9,14-15H,4,10-13H2,1-2H3,(H,22,25)(H,23,24). The molecule has 1 aromatic heterocycles. The molecule has 5 heteroatoms. The highest BCUT2D eigenvalue weighted by Crippen LogP contribution is 2.44. The first-order chi connectivity index (χ1) is 12.5. The number of hydrogen-bond donors (Lipinski definition) is 2. The van der Waals surface area contributed by atoms with Crippen LogP contribution in [0.2, 0.25) is 0 Å². The minimum atomic E-state index is -0.396. The van der Waals surface area contributed by atoms with Crippen LogP contribution in [0.25, 0.3) is 0 Å². The molecule has 0 atom stereocenters. The van der Waals surface area contributed by atoms with Gasteiger partial charge in [-0.15, -0.1) is 11.3 Å². The lowest BCUT2D eigenvalue weighted by Crippen LogP contribution is -2.49. The molecule has 1 aromatic carbocycles. The molecule has 1 aliphatic rings. The van der Waals surface area contributed by atoms with E-state index in [2.05, 4.69) is 24.5 Å². The van der Waals surface area contributed by atoms with Gasteiger partial charge in [-0.3, -0.25) is 9.59 Å². The SMILES string of the molecule is CC(C)CCNC(=O)C1(c2ccc(NC(=O)c3cccs3)cc2)CCC1.